The van der Waals surface area contributed by atoms with E-state index in [1.165, 1.54) is 18.2 Å². The highest BCUT2D eigenvalue weighted by Gasteiger charge is 2.56. The van der Waals surface area contributed by atoms with E-state index in [2.05, 4.69) is 0 Å². The highest BCUT2D eigenvalue weighted by atomic mass is 127. The second-order valence-corrected chi connectivity index (χ2v) is 8.26. The molecule has 162 valence electrons. The van der Waals surface area contributed by atoms with Gasteiger partial charge < -0.3 is 14.9 Å². The Kier molecular flexibility index (Phi) is 6.45. The number of carbonyl (C=O) groups excluding carboxylic acids is 1. The molecule has 0 aromatic heterocycles. The molecular weight excluding hydrogens is 515 g/mol. The summed E-state index contributed by atoms with van der Waals surface area (Å²) in [5.74, 6) is -1.93. The number of rotatable bonds is 6. The largest absolute Gasteiger partial charge is 0.416 e. The Labute approximate surface area is 185 Å². The number of hydrogen-bond donors (Lipinski definition) is 1. The van der Waals surface area contributed by atoms with Gasteiger partial charge in [-0.15, -0.1) is 0 Å². The third kappa shape index (κ3) is 3.82. The van der Waals surface area contributed by atoms with Crippen molar-refractivity contribution in [2.24, 2.45) is 0 Å². The van der Waals surface area contributed by atoms with E-state index in [1.54, 1.807) is 22.6 Å². The summed E-state index contributed by atoms with van der Waals surface area (Å²) in [6.45, 7) is 5.74. The number of hydrogen-bond acceptors (Lipinski definition) is 3. The summed E-state index contributed by atoms with van der Waals surface area (Å²) in [6.07, 6.45) is -4.83. The molecule has 1 unspecified atom stereocenters. The van der Waals surface area contributed by atoms with Crippen LogP contribution in [0.15, 0.2) is 36.4 Å². The normalized spacial score (nSPS) is 19.0. The molecule has 1 aliphatic rings. The SMILES string of the molecule is CCN(CC)CCN1C(=O)C(O)(c2ccccc2F)c2c1cc(I)cc2C(F)(F)F. The van der Waals surface area contributed by atoms with E-state index in [9.17, 15) is 27.5 Å². The molecule has 0 saturated carbocycles. The second-order valence-electron chi connectivity index (χ2n) is 7.02. The molecule has 30 heavy (non-hydrogen) atoms. The predicted octanol–water partition coefficient (Wildman–Crippen LogP) is 4.37. The molecule has 0 spiro atoms. The average molecular weight is 536 g/mol. The maximum atomic E-state index is 14.6. The van der Waals surface area contributed by atoms with Crippen molar-refractivity contribution in [3.63, 3.8) is 0 Å². The van der Waals surface area contributed by atoms with Crippen molar-refractivity contribution in [3.8, 4) is 0 Å². The summed E-state index contributed by atoms with van der Waals surface area (Å²) in [4.78, 5) is 16.5. The van der Waals surface area contributed by atoms with Crippen molar-refractivity contribution in [1.29, 1.82) is 0 Å². The molecule has 1 aliphatic heterocycles. The predicted molar refractivity (Wildman–Crippen MR) is 114 cm³/mol. The molecule has 0 fully saturated rings. The third-order valence-corrected chi connectivity index (χ3v) is 6.02. The molecular formula is C21H21F4IN2O2. The summed E-state index contributed by atoms with van der Waals surface area (Å²) >= 11 is 1.74. The maximum absolute atomic E-state index is 14.6. The van der Waals surface area contributed by atoms with Gasteiger partial charge in [-0.1, -0.05) is 32.0 Å². The number of alkyl halides is 3. The van der Waals surface area contributed by atoms with E-state index in [1.807, 2.05) is 18.7 Å². The first-order chi connectivity index (χ1) is 14.1. The summed E-state index contributed by atoms with van der Waals surface area (Å²) in [6, 6.07) is 7.17. The molecule has 0 aliphatic carbocycles. The molecule has 1 heterocycles. The van der Waals surface area contributed by atoms with E-state index in [-0.39, 0.29) is 15.8 Å². The Bertz CT molecular complexity index is 963. The van der Waals surface area contributed by atoms with Crippen LogP contribution in [-0.4, -0.2) is 42.1 Å². The molecule has 1 N–H and O–H groups in total. The van der Waals surface area contributed by atoms with Crippen LogP contribution in [0, 0.1) is 9.39 Å². The molecule has 2 aromatic rings. The Balaban J connectivity index is 2.25. The lowest BCUT2D eigenvalue weighted by molar-refractivity contribution is -0.142. The van der Waals surface area contributed by atoms with E-state index in [4.69, 9.17) is 0 Å². The van der Waals surface area contributed by atoms with Crippen LogP contribution in [0.5, 0.6) is 0 Å². The van der Waals surface area contributed by atoms with Gasteiger partial charge >= 0.3 is 6.18 Å². The Hall–Kier alpha value is -1.72. The number of benzene rings is 2. The second kappa shape index (κ2) is 8.43. The van der Waals surface area contributed by atoms with Gasteiger partial charge in [-0.3, -0.25) is 4.79 Å². The number of carbonyl (C=O) groups is 1. The zero-order chi connectivity index (χ0) is 22.3. The molecule has 2 aromatic carbocycles. The number of amides is 1. The summed E-state index contributed by atoms with van der Waals surface area (Å²) in [7, 11) is 0. The van der Waals surface area contributed by atoms with Gasteiger partial charge in [-0.05, 0) is 53.9 Å². The van der Waals surface area contributed by atoms with Gasteiger partial charge in [-0.2, -0.15) is 13.2 Å². The van der Waals surface area contributed by atoms with Crippen molar-refractivity contribution in [1.82, 2.24) is 4.90 Å². The smallest absolute Gasteiger partial charge is 0.372 e. The van der Waals surface area contributed by atoms with Gasteiger partial charge in [-0.25, -0.2) is 4.39 Å². The quantitative estimate of drug-likeness (QED) is 0.441. The van der Waals surface area contributed by atoms with E-state index < -0.39 is 40.2 Å². The van der Waals surface area contributed by atoms with Crippen molar-refractivity contribution < 1.29 is 27.5 Å². The van der Waals surface area contributed by atoms with E-state index >= 15 is 0 Å². The Morgan fingerprint density at radius 2 is 1.80 bits per heavy atom. The minimum atomic E-state index is -4.83. The third-order valence-electron chi connectivity index (χ3n) is 5.39. The van der Waals surface area contributed by atoms with Gasteiger partial charge in [0.2, 0.25) is 0 Å². The molecule has 3 rings (SSSR count). The van der Waals surface area contributed by atoms with Crippen molar-refractivity contribution >= 4 is 34.2 Å². The fourth-order valence-electron chi connectivity index (χ4n) is 3.83. The van der Waals surface area contributed by atoms with Gasteiger partial charge in [0, 0.05) is 27.8 Å². The van der Waals surface area contributed by atoms with Crippen molar-refractivity contribution in [2.75, 3.05) is 31.1 Å². The topological polar surface area (TPSA) is 43.8 Å². The van der Waals surface area contributed by atoms with Crippen LogP contribution in [-0.2, 0) is 16.6 Å². The monoisotopic (exact) mass is 536 g/mol. The number of nitrogens with zero attached hydrogens (tertiary/aromatic N) is 2. The first-order valence-electron chi connectivity index (χ1n) is 9.48. The summed E-state index contributed by atoms with van der Waals surface area (Å²) in [5, 5.41) is 11.4. The molecule has 0 radical (unpaired) electrons. The van der Waals surface area contributed by atoms with Crippen LogP contribution in [0.2, 0.25) is 0 Å². The van der Waals surface area contributed by atoms with Crippen LogP contribution < -0.4 is 4.90 Å². The molecule has 0 saturated heterocycles. The lowest BCUT2D eigenvalue weighted by Gasteiger charge is -2.26. The number of fused-ring (bicyclic) bond motifs is 1. The molecule has 4 nitrogen and oxygen atoms in total. The average Bonchev–Trinajstić information content (AvgIpc) is 2.89. The zero-order valence-corrected chi connectivity index (χ0v) is 18.6. The first kappa shape index (κ1) is 23.0. The van der Waals surface area contributed by atoms with Crippen molar-refractivity contribution in [3.05, 3.63) is 62.5 Å². The highest BCUT2D eigenvalue weighted by Crippen LogP contribution is 2.51. The fraction of sp³-hybridized carbons (Fsp3) is 0.381. The lowest BCUT2D eigenvalue weighted by Crippen LogP contribution is -2.44. The number of anilines is 1. The maximum Gasteiger partial charge on any atom is 0.416 e. The van der Waals surface area contributed by atoms with Crippen LogP contribution in [0.4, 0.5) is 23.2 Å². The minimum absolute atomic E-state index is 0.0443. The van der Waals surface area contributed by atoms with Crippen LogP contribution >= 0.6 is 22.6 Å². The van der Waals surface area contributed by atoms with Crippen molar-refractivity contribution in [2.45, 2.75) is 25.6 Å². The number of likely N-dealkylation sites (N-methyl/N-ethyl adjacent to an activating group) is 1. The lowest BCUT2D eigenvalue weighted by atomic mass is 9.84. The van der Waals surface area contributed by atoms with Gasteiger partial charge in [0.15, 0.2) is 5.60 Å². The molecule has 0 bridgehead atoms. The van der Waals surface area contributed by atoms with Gasteiger partial charge in [0.05, 0.1) is 11.3 Å². The molecule has 9 heteroatoms. The Morgan fingerprint density at radius 3 is 2.37 bits per heavy atom. The van der Waals surface area contributed by atoms with Gasteiger partial charge in [0.25, 0.3) is 5.91 Å². The zero-order valence-electron chi connectivity index (χ0n) is 16.4. The minimum Gasteiger partial charge on any atom is -0.372 e. The molecule has 1 amide bonds. The highest BCUT2D eigenvalue weighted by molar-refractivity contribution is 14.1. The number of halogens is 5. The number of aliphatic hydroxyl groups is 1. The molecule has 1 atom stereocenters. The fourth-order valence-corrected chi connectivity index (χ4v) is 4.43. The summed E-state index contributed by atoms with van der Waals surface area (Å²) in [5.41, 5.74) is -5.07. The first-order valence-corrected chi connectivity index (χ1v) is 10.6. The van der Waals surface area contributed by atoms with Gasteiger partial charge in [0.1, 0.15) is 5.82 Å². The van der Waals surface area contributed by atoms with Crippen LogP contribution in [0.25, 0.3) is 0 Å². The standard InChI is InChI=1S/C21H21F4IN2O2/c1-3-27(4-2)9-10-28-17-12-13(26)11-15(21(23,24)25)18(17)20(30,19(28)29)14-7-5-6-8-16(14)22/h5-8,11-12,30H,3-4,9-10H2,1-2H3. The van der Waals surface area contributed by atoms with Crippen LogP contribution in [0.1, 0.15) is 30.5 Å². The van der Waals surface area contributed by atoms with Crippen LogP contribution in [0.3, 0.4) is 0 Å². The van der Waals surface area contributed by atoms with E-state index in [0.717, 1.165) is 23.1 Å². The van der Waals surface area contributed by atoms with E-state index in [0.29, 0.717) is 19.6 Å². The summed E-state index contributed by atoms with van der Waals surface area (Å²) < 4.78 is 56.6. The Morgan fingerprint density at radius 1 is 1.17 bits per heavy atom.